The molecule has 1 saturated heterocycles. The zero-order valence-corrected chi connectivity index (χ0v) is 8.25. The molecule has 1 amide bonds. The van der Waals surface area contributed by atoms with Crippen molar-refractivity contribution >= 4 is 5.91 Å². The second-order valence-corrected chi connectivity index (χ2v) is 4.32. The first-order valence-electron chi connectivity index (χ1n) is 5.26. The maximum Gasteiger partial charge on any atom is 0.224 e. The Morgan fingerprint density at radius 2 is 2.00 bits per heavy atom. The smallest absolute Gasteiger partial charge is 0.224 e. The van der Waals surface area contributed by atoms with Gasteiger partial charge in [-0.05, 0) is 12.8 Å². The molecule has 1 atom stereocenters. The maximum atomic E-state index is 11.2. The van der Waals surface area contributed by atoms with Gasteiger partial charge in [0.25, 0.3) is 0 Å². The van der Waals surface area contributed by atoms with Crippen molar-refractivity contribution in [1.82, 2.24) is 10.2 Å². The van der Waals surface area contributed by atoms with Gasteiger partial charge in [0, 0.05) is 32.1 Å². The predicted molar refractivity (Wildman–Crippen MR) is 51.4 cm³/mol. The molecule has 2 aliphatic rings. The summed E-state index contributed by atoms with van der Waals surface area (Å²) in [5, 5.41) is 3.58. The van der Waals surface area contributed by atoms with Crippen LogP contribution in [0.5, 0.6) is 0 Å². The molecule has 0 aromatic heterocycles. The summed E-state index contributed by atoms with van der Waals surface area (Å²) in [6.07, 6.45) is 6.01. The minimum atomic E-state index is 0.287. The largest absolute Gasteiger partial charge is 0.344 e. The second-order valence-electron chi connectivity index (χ2n) is 4.32. The van der Waals surface area contributed by atoms with Crippen LogP contribution in [0.1, 0.15) is 32.1 Å². The topological polar surface area (TPSA) is 32.3 Å². The number of likely N-dealkylation sites (tertiary alicyclic amines) is 1. The third-order valence-electron chi connectivity index (χ3n) is 3.17. The van der Waals surface area contributed by atoms with E-state index in [0.717, 1.165) is 6.54 Å². The lowest BCUT2D eigenvalue weighted by molar-refractivity contribution is -0.126. The van der Waals surface area contributed by atoms with E-state index in [4.69, 9.17) is 0 Å². The first-order chi connectivity index (χ1) is 6.25. The number of hydrogen-bond acceptors (Lipinski definition) is 2. The summed E-state index contributed by atoms with van der Waals surface area (Å²) in [6.45, 7) is 0.898. The van der Waals surface area contributed by atoms with E-state index in [1.165, 1.54) is 25.7 Å². The van der Waals surface area contributed by atoms with Gasteiger partial charge in [-0.3, -0.25) is 4.79 Å². The molecule has 1 N–H and O–H groups in total. The third-order valence-corrected chi connectivity index (χ3v) is 3.17. The van der Waals surface area contributed by atoms with Crippen molar-refractivity contribution in [2.24, 2.45) is 0 Å². The Bertz CT molecular complexity index is 199. The number of hydrogen-bond donors (Lipinski definition) is 1. The molecule has 13 heavy (non-hydrogen) atoms. The van der Waals surface area contributed by atoms with E-state index in [0.29, 0.717) is 18.5 Å². The summed E-state index contributed by atoms with van der Waals surface area (Å²) in [5.41, 5.74) is 0. The van der Waals surface area contributed by atoms with Gasteiger partial charge in [0.2, 0.25) is 5.91 Å². The third kappa shape index (κ3) is 2.02. The number of likely N-dealkylation sites (N-methyl/N-ethyl adjacent to an activating group) is 1. The Morgan fingerprint density at radius 1 is 1.31 bits per heavy atom. The molecule has 2 fully saturated rings. The quantitative estimate of drug-likeness (QED) is 0.683. The summed E-state index contributed by atoms with van der Waals surface area (Å²) in [4.78, 5) is 13.1. The van der Waals surface area contributed by atoms with Crippen molar-refractivity contribution in [3.05, 3.63) is 0 Å². The van der Waals surface area contributed by atoms with E-state index >= 15 is 0 Å². The number of amides is 1. The lowest BCUT2D eigenvalue weighted by Gasteiger charge is -2.17. The highest BCUT2D eigenvalue weighted by Gasteiger charge is 2.28. The van der Waals surface area contributed by atoms with Crippen molar-refractivity contribution in [1.29, 1.82) is 0 Å². The highest BCUT2D eigenvalue weighted by Crippen LogP contribution is 2.20. The van der Waals surface area contributed by atoms with Crippen molar-refractivity contribution in [3.8, 4) is 0 Å². The highest BCUT2D eigenvalue weighted by atomic mass is 16.2. The van der Waals surface area contributed by atoms with Crippen molar-refractivity contribution in [2.45, 2.75) is 44.2 Å². The van der Waals surface area contributed by atoms with Gasteiger partial charge in [-0.25, -0.2) is 0 Å². The Labute approximate surface area is 79.5 Å². The standard InChI is InChI=1S/C10H18N2O/c1-12-7-9(6-10(12)13)11-8-4-2-3-5-8/h8-9,11H,2-7H2,1H3. The molecule has 1 unspecified atom stereocenters. The van der Waals surface area contributed by atoms with Gasteiger partial charge >= 0.3 is 0 Å². The zero-order chi connectivity index (χ0) is 9.26. The molecule has 0 spiro atoms. The van der Waals surface area contributed by atoms with Crippen LogP contribution in [0.4, 0.5) is 0 Å². The van der Waals surface area contributed by atoms with Gasteiger partial charge in [-0.15, -0.1) is 0 Å². The van der Waals surface area contributed by atoms with Crippen LogP contribution in [-0.2, 0) is 4.79 Å². The fourth-order valence-electron chi connectivity index (χ4n) is 2.40. The summed E-state index contributed by atoms with van der Waals surface area (Å²) in [5.74, 6) is 0.287. The molecule has 0 radical (unpaired) electrons. The fourth-order valence-corrected chi connectivity index (χ4v) is 2.40. The second kappa shape index (κ2) is 3.66. The van der Waals surface area contributed by atoms with E-state index in [1.54, 1.807) is 0 Å². The molecule has 0 bridgehead atoms. The van der Waals surface area contributed by atoms with Gasteiger partial charge < -0.3 is 10.2 Å². The van der Waals surface area contributed by atoms with E-state index in [1.807, 2.05) is 11.9 Å². The normalized spacial score (nSPS) is 30.4. The molecular formula is C10H18N2O. The van der Waals surface area contributed by atoms with Gasteiger partial charge in [0.05, 0.1) is 0 Å². The van der Waals surface area contributed by atoms with E-state index < -0.39 is 0 Å². The molecule has 1 aliphatic carbocycles. The van der Waals surface area contributed by atoms with Crippen LogP contribution in [0.25, 0.3) is 0 Å². The van der Waals surface area contributed by atoms with Crippen LogP contribution < -0.4 is 5.32 Å². The monoisotopic (exact) mass is 182 g/mol. The van der Waals surface area contributed by atoms with Crippen LogP contribution in [0.2, 0.25) is 0 Å². The average molecular weight is 182 g/mol. The van der Waals surface area contributed by atoms with Crippen molar-refractivity contribution in [2.75, 3.05) is 13.6 Å². The molecule has 3 nitrogen and oxygen atoms in total. The van der Waals surface area contributed by atoms with Crippen LogP contribution in [-0.4, -0.2) is 36.5 Å². The van der Waals surface area contributed by atoms with Gasteiger partial charge in [0.15, 0.2) is 0 Å². The highest BCUT2D eigenvalue weighted by molar-refractivity contribution is 5.78. The van der Waals surface area contributed by atoms with Crippen LogP contribution >= 0.6 is 0 Å². The Balaban J connectivity index is 1.79. The van der Waals surface area contributed by atoms with E-state index in [9.17, 15) is 4.79 Å². The molecule has 3 heteroatoms. The molecule has 1 saturated carbocycles. The van der Waals surface area contributed by atoms with E-state index in [-0.39, 0.29) is 5.91 Å². The Kier molecular flexibility index (Phi) is 2.54. The van der Waals surface area contributed by atoms with Gasteiger partial charge in [0.1, 0.15) is 0 Å². The number of nitrogens with one attached hydrogen (secondary N) is 1. The Morgan fingerprint density at radius 3 is 2.54 bits per heavy atom. The predicted octanol–water partition coefficient (Wildman–Crippen LogP) is 0.749. The number of rotatable bonds is 2. The lowest BCUT2D eigenvalue weighted by atomic mass is 10.2. The lowest BCUT2D eigenvalue weighted by Crippen LogP contribution is -2.38. The SMILES string of the molecule is CN1CC(NC2CCCC2)CC1=O. The molecule has 1 aliphatic heterocycles. The van der Waals surface area contributed by atoms with Crippen molar-refractivity contribution < 1.29 is 4.79 Å². The number of carbonyl (C=O) groups excluding carboxylic acids is 1. The van der Waals surface area contributed by atoms with Crippen LogP contribution in [0, 0.1) is 0 Å². The zero-order valence-electron chi connectivity index (χ0n) is 8.25. The minimum Gasteiger partial charge on any atom is -0.344 e. The maximum absolute atomic E-state index is 11.2. The molecule has 1 heterocycles. The first kappa shape index (κ1) is 9.00. The first-order valence-corrected chi connectivity index (χ1v) is 5.26. The Hall–Kier alpha value is -0.570. The number of nitrogens with zero attached hydrogens (tertiary/aromatic N) is 1. The van der Waals surface area contributed by atoms with Gasteiger partial charge in [-0.2, -0.15) is 0 Å². The average Bonchev–Trinajstić information content (AvgIpc) is 2.64. The molecule has 0 aromatic carbocycles. The van der Waals surface area contributed by atoms with E-state index in [2.05, 4.69) is 5.32 Å². The molecule has 74 valence electrons. The summed E-state index contributed by atoms with van der Waals surface area (Å²) in [7, 11) is 1.89. The van der Waals surface area contributed by atoms with Gasteiger partial charge in [-0.1, -0.05) is 12.8 Å². The summed E-state index contributed by atoms with van der Waals surface area (Å²) < 4.78 is 0. The summed E-state index contributed by atoms with van der Waals surface area (Å²) in [6, 6.07) is 1.10. The van der Waals surface area contributed by atoms with Crippen molar-refractivity contribution in [3.63, 3.8) is 0 Å². The number of carbonyl (C=O) groups is 1. The summed E-state index contributed by atoms with van der Waals surface area (Å²) >= 11 is 0. The minimum absolute atomic E-state index is 0.287. The molecular weight excluding hydrogens is 164 g/mol. The molecule has 2 rings (SSSR count). The molecule has 0 aromatic rings. The van der Waals surface area contributed by atoms with Crippen LogP contribution in [0.15, 0.2) is 0 Å². The fraction of sp³-hybridized carbons (Fsp3) is 0.900. The van der Waals surface area contributed by atoms with Crippen LogP contribution in [0.3, 0.4) is 0 Å².